The third kappa shape index (κ3) is 5.43. The molecule has 2 N–H and O–H groups in total. The van der Waals surface area contributed by atoms with Gasteiger partial charge < -0.3 is 15.3 Å². The number of nitrogens with one attached hydrogen (secondary N) is 1. The van der Waals surface area contributed by atoms with Gasteiger partial charge in [0.2, 0.25) is 0 Å². The van der Waals surface area contributed by atoms with Crippen molar-refractivity contribution in [2.24, 2.45) is 0 Å². The van der Waals surface area contributed by atoms with Gasteiger partial charge in [-0.05, 0) is 24.9 Å². The van der Waals surface area contributed by atoms with E-state index in [2.05, 4.69) is 34.5 Å². The first-order chi connectivity index (χ1) is 13.0. The maximum Gasteiger partial charge on any atom is 0.317 e. The van der Waals surface area contributed by atoms with Gasteiger partial charge in [-0.1, -0.05) is 37.3 Å². The normalized spacial score (nSPS) is 23.1. The second-order valence-corrected chi connectivity index (χ2v) is 7.48. The Kier molecular flexibility index (Phi) is 6.68. The molecule has 1 aromatic rings. The predicted molar refractivity (Wildman–Crippen MR) is 104 cm³/mol. The standard InChI is InChI=1S/C20H30N4O3/c1-2-23(15-19(25)26)18-12-17(13-18)21-20(27)24-10-8-22(9-11-24)14-16-6-4-3-5-7-16/h3-7,17-18H,2,8-15H2,1H3,(H,21,27)(H,25,26). The number of urea groups is 1. The Morgan fingerprint density at radius 2 is 1.81 bits per heavy atom. The van der Waals surface area contributed by atoms with E-state index < -0.39 is 5.97 Å². The molecule has 7 nitrogen and oxygen atoms in total. The van der Waals surface area contributed by atoms with Crippen LogP contribution in [-0.4, -0.2) is 83.2 Å². The number of carbonyl (C=O) groups excluding carboxylic acids is 1. The van der Waals surface area contributed by atoms with E-state index in [1.807, 2.05) is 22.8 Å². The van der Waals surface area contributed by atoms with Crippen LogP contribution >= 0.6 is 0 Å². The Bertz CT molecular complexity index is 625. The Hall–Kier alpha value is -2.12. The van der Waals surface area contributed by atoms with Crippen molar-refractivity contribution >= 4 is 12.0 Å². The van der Waals surface area contributed by atoms with Gasteiger partial charge in [0, 0.05) is 44.8 Å². The molecular weight excluding hydrogens is 344 g/mol. The summed E-state index contributed by atoms with van der Waals surface area (Å²) in [6.45, 7) is 6.96. The average molecular weight is 374 g/mol. The summed E-state index contributed by atoms with van der Waals surface area (Å²) in [5, 5.41) is 12.1. The molecule has 2 amide bonds. The number of carbonyl (C=O) groups is 2. The Morgan fingerprint density at radius 3 is 2.41 bits per heavy atom. The molecular formula is C20H30N4O3. The largest absolute Gasteiger partial charge is 0.480 e. The molecule has 0 aromatic heterocycles. The van der Waals surface area contributed by atoms with Crippen LogP contribution in [0.5, 0.6) is 0 Å². The maximum absolute atomic E-state index is 12.5. The highest BCUT2D eigenvalue weighted by molar-refractivity contribution is 5.74. The summed E-state index contributed by atoms with van der Waals surface area (Å²) >= 11 is 0. The van der Waals surface area contributed by atoms with Crippen LogP contribution in [0.25, 0.3) is 0 Å². The molecule has 1 aliphatic carbocycles. The van der Waals surface area contributed by atoms with Gasteiger partial charge >= 0.3 is 12.0 Å². The van der Waals surface area contributed by atoms with Crippen molar-refractivity contribution in [3.8, 4) is 0 Å². The maximum atomic E-state index is 12.5. The lowest BCUT2D eigenvalue weighted by atomic mass is 9.85. The Morgan fingerprint density at radius 1 is 1.15 bits per heavy atom. The molecule has 1 heterocycles. The molecule has 0 bridgehead atoms. The van der Waals surface area contributed by atoms with Crippen molar-refractivity contribution in [2.45, 2.75) is 38.4 Å². The zero-order chi connectivity index (χ0) is 19.2. The van der Waals surface area contributed by atoms with Crippen molar-refractivity contribution in [1.82, 2.24) is 20.0 Å². The van der Waals surface area contributed by atoms with Crippen molar-refractivity contribution in [2.75, 3.05) is 39.3 Å². The van der Waals surface area contributed by atoms with Gasteiger partial charge in [0.25, 0.3) is 0 Å². The van der Waals surface area contributed by atoms with E-state index in [-0.39, 0.29) is 24.7 Å². The molecule has 27 heavy (non-hydrogen) atoms. The summed E-state index contributed by atoms with van der Waals surface area (Å²) in [6, 6.07) is 10.8. The number of hydrogen-bond donors (Lipinski definition) is 2. The zero-order valence-corrected chi connectivity index (χ0v) is 16.0. The van der Waals surface area contributed by atoms with E-state index in [1.54, 1.807) is 0 Å². The van der Waals surface area contributed by atoms with Crippen molar-refractivity contribution in [3.63, 3.8) is 0 Å². The van der Waals surface area contributed by atoms with Gasteiger partial charge in [-0.15, -0.1) is 0 Å². The molecule has 1 saturated heterocycles. The Labute approximate surface area is 160 Å². The minimum Gasteiger partial charge on any atom is -0.480 e. The molecule has 1 aromatic carbocycles. The molecule has 7 heteroatoms. The number of rotatable bonds is 7. The highest BCUT2D eigenvalue weighted by Gasteiger charge is 2.35. The molecule has 148 valence electrons. The molecule has 3 rings (SSSR count). The number of piperazine rings is 1. The number of nitrogens with zero attached hydrogens (tertiary/aromatic N) is 3. The summed E-state index contributed by atoms with van der Waals surface area (Å²) in [5.74, 6) is -0.794. The SMILES string of the molecule is CCN(CC(=O)O)C1CC(NC(=O)N2CCN(Cc3ccccc3)CC2)C1. The summed E-state index contributed by atoms with van der Waals surface area (Å²) in [7, 11) is 0. The highest BCUT2D eigenvalue weighted by atomic mass is 16.4. The predicted octanol–water partition coefficient (Wildman–Crippen LogP) is 1.45. The number of aliphatic carboxylic acids is 1. The van der Waals surface area contributed by atoms with Crippen LogP contribution in [0.2, 0.25) is 0 Å². The summed E-state index contributed by atoms with van der Waals surface area (Å²) < 4.78 is 0. The van der Waals surface area contributed by atoms with Gasteiger partial charge in [-0.25, -0.2) is 4.79 Å². The minimum atomic E-state index is -0.794. The van der Waals surface area contributed by atoms with Crippen LogP contribution in [0.3, 0.4) is 0 Å². The fourth-order valence-corrected chi connectivity index (χ4v) is 3.89. The first-order valence-corrected chi connectivity index (χ1v) is 9.82. The molecule has 0 atom stereocenters. The number of carboxylic acid groups (broad SMARTS) is 1. The van der Waals surface area contributed by atoms with E-state index >= 15 is 0 Å². The number of benzene rings is 1. The van der Waals surface area contributed by atoms with E-state index in [9.17, 15) is 9.59 Å². The summed E-state index contributed by atoms with van der Waals surface area (Å²) in [6.07, 6.45) is 1.67. The van der Waals surface area contributed by atoms with E-state index in [1.165, 1.54) is 5.56 Å². The fourth-order valence-electron chi connectivity index (χ4n) is 3.89. The first kappa shape index (κ1) is 19.6. The third-order valence-electron chi connectivity index (χ3n) is 5.61. The van der Waals surface area contributed by atoms with E-state index in [0.29, 0.717) is 0 Å². The lowest BCUT2D eigenvalue weighted by Gasteiger charge is -2.43. The molecule has 0 unspecified atom stereocenters. The monoisotopic (exact) mass is 374 g/mol. The van der Waals surface area contributed by atoms with Gasteiger partial charge in [0.15, 0.2) is 0 Å². The number of amides is 2. The molecule has 2 fully saturated rings. The summed E-state index contributed by atoms with van der Waals surface area (Å²) in [4.78, 5) is 29.6. The molecule has 0 spiro atoms. The zero-order valence-electron chi connectivity index (χ0n) is 16.0. The lowest BCUT2D eigenvalue weighted by molar-refractivity contribution is -0.139. The van der Waals surface area contributed by atoms with Gasteiger partial charge in [-0.3, -0.25) is 14.6 Å². The van der Waals surface area contributed by atoms with Crippen molar-refractivity contribution in [3.05, 3.63) is 35.9 Å². The second-order valence-electron chi connectivity index (χ2n) is 7.48. The van der Waals surface area contributed by atoms with Gasteiger partial charge in [0.1, 0.15) is 0 Å². The minimum absolute atomic E-state index is 0.0131. The Balaban J connectivity index is 1.36. The smallest absolute Gasteiger partial charge is 0.317 e. The molecule has 1 aliphatic heterocycles. The molecule has 0 radical (unpaired) electrons. The van der Waals surface area contributed by atoms with E-state index in [0.717, 1.165) is 52.1 Å². The van der Waals surface area contributed by atoms with Crippen LogP contribution in [0.1, 0.15) is 25.3 Å². The quantitative estimate of drug-likeness (QED) is 0.756. The lowest BCUT2D eigenvalue weighted by Crippen LogP contribution is -2.58. The van der Waals surface area contributed by atoms with Crippen LogP contribution in [0.15, 0.2) is 30.3 Å². The highest BCUT2D eigenvalue weighted by Crippen LogP contribution is 2.25. The topological polar surface area (TPSA) is 76.1 Å². The fraction of sp³-hybridized carbons (Fsp3) is 0.600. The van der Waals surface area contributed by atoms with Gasteiger partial charge in [-0.2, -0.15) is 0 Å². The number of carboxylic acids is 1. The van der Waals surface area contributed by atoms with Crippen molar-refractivity contribution < 1.29 is 14.7 Å². The van der Waals surface area contributed by atoms with Crippen molar-refractivity contribution in [1.29, 1.82) is 0 Å². The van der Waals surface area contributed by atoms with Crippen LogP contribution in [0.4, 0.5) is 4.79 Å². The molecule has 2 aliphatic rings. The van der Waals surface area contributed by atoms with Crippen LogP contribution in [-0.2, 0) is 11.3 Å². The van der Waals surface area contributed by atoms with Crippen LogP contribution in [0, 0.1) is 0 Å². The second kappa shape index (κ2) is 9.19. The molecule has 1 saturated carbocycles. The average Bonchev–Trinajstić information content (AvgIpc) is 2.64. The van der Waals surface area contributed by atoms with E-state index in [4.69, 9.17) is 5.11 Å². The number of likely N-dealkylation sites (N-methyl/N-ethyl adjacent to an activating group) is 1. The first-order valence-electron chi connectivity index (χ1n) is 9.82. The summed E-state index contributed by atoms with van der Waals surface area (Å²) in [5.41, 5.74) is 1.30. The number of hydrogen-bond acceptors (Lipinski definition) is 4. The van der Waals surface area contributed by atoms with Gasteiger partial charge in [0.05, 0.1) is 6.54 Å². The van der Waals surface area contributed by atoms with Crippen LogP contribution < -0.4 is 5.32 Å². The third-order valence-corrected chi connectivity index (χ3v) is 5.61.